The molecule has 1 aromatic rings. The maximum absolute atomic E-state index is 12.2. The molecule has 1 aliphatic rings. The summed E-state index contributed by atoms with van der Waals surface area (Å²) in [6, 6.07) is 0. The maximum atomic E-state index is 12.2. The van der Waals surface area contributed by atoms with Gasteiger partial charge in [0.05, 0.1) is 5.69 Å². The van der Waals surface area contributed by atoms with Crippen molar-refractivity contribution < 1.29 is 4.79 Å². The van der Waals surface area contributed by atoms with Crippen molar-refractivity contribution in [3.63, 3.8) is 0 Å². The number of aromatic nitrogens is 2. The Labute approximate surface area is 99.0 Å². The molecule has 1 fully saturated rings. The Bertz CT molecular complexity index is 357. The molecule has 1 aromatic heterocycles. The second-order valence-electron chi connectivity index (χ2n) is 3.80. The van der Waals surface area contributed by atoms with Crippen molar-refractivity contribution in [2.45, 2.75) is 19.8 Å². The summed E-state index contributed by atoms with van der Waals surface area (Å²) >= 11 is 1.21. The molecule has 0 aliphatic carbocycles. The summed E-state index contributed by atoms with van der Waals surface area (Å²) < 4.78 is 3.86. The molecule has 5 nitrogen and oxygen atoms in total. The molecule has 6 heteroatoms. The van der Waals surface area contributed by atoms with E-state index in [1.807, 2.05) is 11.8 Å². The van der Waals surface area contributed by atoms with Gasteiger partial charge in [-0.05, 0) is 30.9 Å². The summed E-state index contributed by atoms with van der Waals surface area (Å²) in [4.78, 5) is 14.8. The number of hydrogen-bond donors (Lipinski definition) is 1. The summed E-state index contributed by atoms with van der Waals surface area (Å²) in [6.45, 7) is 5.47. The van der Waals surface area contributed by atoms with Gasteiger partial charge in [0.25, 0.3) is 5.91 Å². The van der Waals surface area contributed by atoms with Crippen LogP contribution in [0.3, 0.4) is 0 Å². The molecule has 16 heavy (non-hydrogen) atoms. The van der Waals surface area contributed by atoms with Crippen LogP contribution in [-0.4, -0.2) is 46.6 Å². The van der Waals surface area contributed by atoms with Gasteiger partial charge < -0.3 is 10.2 Å². The predicted octanol–water partition coefficient (Wildman–Crippen LogP) is 0.536. The summed E-state index contributed by atoms with van der Waals surface area (Å²) in [5.41, 5.74) is 0.826. The van der Waals surface area contributed by atoms with Gasteiger partial charge >= 0.3 is 0 Å². The third kappa shape index (κ3) is 2.38. The Kier molecular flexibility index (Phi) is 3.84. The molecule has 1 aliphatic heterocycles. The molecule has 2 rings (SSSR count). The lowest BCUT2D eigenvalue weighted by molar-refractivity contribution is 0.0770. The normalized spacial score (nSPS) is 17.2. The summed E-state index contributed by atoms with van der Waals surface area (Å²) in [7, 11) is 0. The quantitative estimate of drug-likeness (QED) is 0.819. The van der Waals surface area contributed by atoms with Gasteiger partial charge in [-0.25, -0.2) is 0 Å². The number of nitrogens with zero attached hydrogens (tertiary/aromatic N) is 3. The molecule has 1 amide bonds. The van der Waals surface area contributed by atoms with E-state index in [4.69, 9.17) is 0 Å². The first kappa shape index (κ1) is 11.5. The second-order valence-corrected chi connectivity index (χ2v) is 4.55. The van der Waals surface area contributed by atoms with Crippen molar-refractivity contribution in [2.24, 2.45) is 0 Å². The monoisotopic (exact) mass is 240 g/mol. The largest absolute Gasteiger partial charge is 0.337 e. The van der Waals surface area contributed by atoms with Gasteiger partial charge in [-0.2, -0.15) is 0 Å². The van der Waals surface area contributed by atoms with Gasteiger partial charge in [-0.3, -0.25) is 4.79 Å². The topological polar surface area (TPSA) is 58.1 Å². The van der Waals surface area contributed by atoms with Crippen molar-refractivity contribution >= 4 is 17.4 Å². The number of aryl methyl sites for hydroxylation is 1. The zero-order valence-corrected chi connectivity index (χ0v) is 10.2. The number of rotatable bonds is 2. The number of carbonyl (C=O) groups is 1. The van der Waals surface area contributed by atoms with Crippen LogP contribution >= 0.6 is 11.5 Å². The fourth-order valence-electron chi connectivity index (χ4n) is 1.79. The van der Waals surface area contributed by atoms with Crippen LogP contribution in [0.2, 0.25) is 0 Å². The molecule has 2 heterocycles. The van der Waals surface area contributed by atoms with Gasteiger partial charge in [0.15, 0.2) is 0 Å². The van der Waals surface area contributed by atoms with Crippen LogP contribution in [0.1, 0.15) is 28.7 Å². The molecule has 0 spiro atoms. The summed E-state index contributed by atoms with van der Waals surface area (Å²) in [6.07, 6.45) is 1.78. The molecule has 1 saturated heterocycles. The minimum atomic E-state index is 0.0931. The van der Waals surface area contributed by atoms with Gasteiger partial charge in [-0.1, -0.05) is 11.4 Å². The zero-order valence-electron chi connectivity index (χ0n) is 9.40. The molecule has 0 bridgehead atoms. The van der Waals surface area contributed by atoms with Gasteiger partial charge in [-0.15, -0.1) is 5.10 Å². The molecule has 1 N–H and O–H groups in total. The second kappa shape index (κ2) is 5.36. The smallest absolute Gasteiger partial charge is 0.267 e. The molecule has 0 aromatic carbocycles. The van der Waals surface area contributed by atoms with E-state index in [0.717, 1.165) is 44.7 Å². The number of amides is 1. The Hall–Kier alpha value is -1.01. The zero-order chi connectivity index (χ0) is 11.4. The molecule has 0 saturated carbocycles. The van der Waals surface area contributed by atoms with Crippen molar-refractivity contribution in [1.29, 1.82) is 0 Å². The van der Waals surface area contributed by atoms with Gasteiger partial charge in [0.1, 0.15) is 4.88 Å². The van der Waals surface area contributed by atoms with Crippen LogP contribution in [0, 0.1) is 0 Å². The summed E-state index contributed by atoms with van der Waals surface area (Å²) in [5.74, 6) is 0.0931. The Morgan fingerprint density at radius 2 is 2.38 bits per heavy atom. The lowest BCUT2D eigenvalue weighted by atomic mass is 10.2. The first-order valence-electron chi connectivity index (χ1n) is 5.64. The van der Waals surface area contributed by atoms with E-state index >= 15 is 0 Å². The third-order valence-electron chi connectivity index (χ3n) is 2.71. The lowest BCUT2D eigenvalue weighted by Gasteiger charge is -2.18. The third-order valence-corrected chi connectivity index (χ3v) is 3.47. The highest BCUT2D eigenvalue weighted by molar-refractivity contribution is 7.07. The van der Waals surface area contributed by atoms with E-state index in [9.17, 15) is 4.79 Å². The van der Waals surface area contributed by atoms with Crippen LogP contribution in [-0.2, 0) is 6.42 Å². The first-order valence-corrected chi connectivity index (χ1v) is 6.41. The minimum Gasteiger partial charge on any atom is -0.337 e. The predicted molar refractivity (Wildman–Crippen MR) is 62.7 cm³/mol. The van der Waals surface area contributed by atoms with Crippen molar-refractivity contribution in [3.8, 4) is 0 Å². The van der Waals surface area contributed by atoms with Gasteiger partial charge in [0, 0.05) is 19.6 Å². The molecular weight excluding hydrogens is 224 g/mol. The maximum Gasteiger partial charge on any atom is 0.267 e. The standard InChI is InChI=1S/C10H16N4OS/c1-2-8-9(16-13-12-8)10(15)14-6-3-4-11-5-7-14/h11H,2-7H2,1H3. The molecule has 0 unspecified atom stereocenters. The Morgan fingerprint density at radius 1 is 1.50 bits per heavy atom. The van der Waals surface area contributed by atoms with Crippen molar-refractivity contribution in [2.75, 3.05) is 26.2 Å². The lowest BCUT2D eigenvalue weighted by Crippen LogP contribution is -2.34. The fraction of sp³-hybridized carbons (Fsp3) is 0.700. The highest BCUT2D eigenvalue weighted by Gasteiger charge is 2.21. The molecule has 0 atom stereocenters. The number of nitrogens with one attached hydrogen (secondary N) is 1. The van der Waals surface area contributed by atoms with Crippen molar-refractivity contribution in [1.82, 2.24) is 19.8 Å². The summed E-state index contributed by atoms with van der Waals surface area (Å²) in [5, 5.41) is 7.26. The van der Waals surface area contributed by atoms with Crippen LogP contribution in [0.4, 0.5) is 0 Å². The van der Waals surface area contributed by atoms with Crippen LogP contribution in [0.15, 0.2) is 0 Å². The SMILES string of the molecule is CCc1nnsc1C(=O)N1CCCNCC1. The Balaban J connectivity index is 2.11. The molecule has 88 valence electrons. The minimum absolute atomic E-state index is 0.0931. The van der Waals surface area contributed by atoms with Crippen LogP contribution in [0.25, 0.3) is 0 Å². The molecular formula is C10H16N4OS. The van der Waals surface area contributed by atoms with Crippen LogP contribution in [0.5, 0.6) is 0 Å². The van der Waals surface area contributed by atoms with Crippen molar-refractivity contribution in [3.05, 3.63) is 10.6 Å². The highest BCUT2D eigenvalue weighted by Crippen LogP contribution is 2.14. The van der Waals surface area contributed by atoms with Gasteiger partial charge in [0.2, 0.25) is 0 Å². The highest BCUT2D eigenvalue weighted by atomic mass is 32.1. The number of carbonyl (C=O) groups excluding carboxylic acids is 1. The van der Waals surface area contributed by atoms with Crippen LogP contribution < -0.4 is 5.32 Å². The molecule has 0 radical (unpaired) electrons. The average molecular weight is 240 g/mol. The number of hydrogen-bond acceptors (Lipinski definition) is 5. The van der Waals surface area contributed by atoms with E-state index < -0.39 is 0 Å². The van der Waals surface area contributed by atoms with E-state index in [2.05, 4.69) is 14.9 Å². The first-order chi connectivity index (χ1) is 7.83. The fourth-order valence-corrected chi connectivity index (χ4v) is 2.51. The van der Waals surface area contributed by atoms with E-state index in [-0.39, 0.29) is 5.91 Å². The average Bonchev–Trinajstić information content (AvgIpc) is 2.61. The van der Waals surface area contributed by atoms with E-state index in [0.29, 0.717) is 4.88 Å². The Morgan fingerprint density at radius 3 is 3.19 bits per heavy atom. The van der Waals surface area contributed by atoms with E-state index in [1.165, 1.54) is 11.5 Å². The van der Waals surface area contributed by atoms with E-state index in [1.54, 1.807) is 0 Å².